The van der Waals surface area contributed by atoms with Gasteiger partial charge < -0.3 is 4.42 Å². The van der Waals surface area contributed by atoms with Crippen LogP contribution in [0.1, 0.15) is 11.1 Å². The zero-order valence-electron chi connectivity index (χ0n) is 11.9. The van der Waals surface area contributed by atoms with E-state index in [9.17, 15) is 0 Å². The van der Waals surface area contributed by atoms with Crippen molar-refractivity contribution >= 4 is 16.6 Å². The van der Waals surface area contributed by atoms with Crippen LogP contribution in [0, 0.1) is 5.41 Å². The Morgan fingerprint density at radius 3 is 2.41 bits per heavy atom. The molecule has 106 valence electrons. The van der Waals surface area contributed by atoms with E-state index >= 15 is 0 Å². The Kier molecular flexibility index (Phi) is 2.90. The van der Waals surface area contributed by atoms with Crippen LogP contribution in [0.4, 0.5) is 0 Å². The van der Waals surface area contributed by atoms with Gasteiger partial charge in [-0.1, -0.05) is 48.5 Å². The first-order chi connectivity index (χ1) is 10.8. The maximum atomic E-state index is 8.55. The first kappa shape index (κ1) is 12.7. The molecule has 3 heteroatoms. The Labute approximate surface area is 127 Å². The van der Waals surface area contributed by atoms with Crippen molar-refractivity contribution in [3.63, 3.8) is 0 Å². The zero-order chi connectivity index (χ0) is 14.9. The summed E-state index contributed by atoms with van der Waals surface area (Å²) in [6.45, 7) is 0. The van der Waals surface area contributed by atoms with Gasteiger partial charge >= 0.3 is 0 Å². The molecule has 0 fully saturated rings. The van der Waals surface area contributed by atoms with Crippen LogP contribution in [0.3, 0.4) is 0 Å². The zero-order valence-corrected chi connectivity index (χ0v) is 11.9. The van der Waals surface area contributed by atoms with Crippen molar-refractivity contribution in [1.82, 2.24) is 4.57 Å². The van der Waals surface area contributed by atoms with E-state index in [2.05, 4.69) is 0 Å². The molecule has 1 N–H and O–H groups in total. The summed E-state index contributed by atoms with van der Waals surface area (Å²) in [5.41, 5.74) is 3.36. The first-order valence-corrected chi connectivity index (χ1v) is 7.13. The number of nitrogens with one attached hydrogen (secondary N) is 1. The van der Waals surface area contributed by atoms with E-state index in [4.69, 9.17) is 9.83 Å². The van der Waals surface area contributed by atoms with Crippen LogP contribution in [0.2, 0.25) is 0 Å². The Hall–Kier alpha value is -3.07. The third kappa shape index (κ3) is 1.95. The SMILES string of the molecule is N=C(c1ccccc1)c1cn(-c2ccco2)c2ccccc12. The Morgan fingerprint density at radius 2 is 1.64 bits per heavy atom. The standard InChI is InChI=1S/C19H14N2O/c20-19(14-7-2-1-3-8-14)16-13-21(18-11-6-12-22-18)17-10-5-4-9-15(16)17/h1-13,20H. The Bertz CT molecular complexity index is 934. The maximum Gasteiger partial charge on any atom is 0.203 e. The van der Waals surface area contributed by atoms with E-state index in [1.54, 1.807) is 6.26 Å². The lowest BCUT2D eigenvalue weighted by Gasteiger charge is -2.02. The van der Waals surface area contributed by atoms with Gasteiger partial charge in [0.1, 0.15) is 0 Å². The molecule has 3 nitrogen and oxygen atoms in total. The van der Waals surface area contributed by atoms with E-state index in [0.29, 0.717) is 5.71 Å². The van der Waals surface area contributed by atoms with Gasteiger partial charge in [0.15, 0.2) is 0 Å². The van der Waals surface area contributed by atoms with E-state index < -0.39 is 0 Å². The fraction of sp³-hybridized carbons (Fsp3) is 0. The lowest BCUT2D eigenvalue weighted by molar-refractivity contribution is 0.543. The summed E-state index contributed by atoms with van der Waals surface area (Å²) >= 11 is 0. The summed E-state index contributed by atoms with van der Waals surface area (Å²) in [6.07, 6.45) is 3.63. The lowest BCUT2D eigenvalue weighted by atomic mass is 10.0. The third-order valence-electron chi connectivity index (χ3n) is 3.79. The minimum atomic E-state index is 0.516. The molecule has 2 aromatic heterocycles. The minimum absolute atomic E-state index is 0.516. The molecule has 0 unspecified atom stereocenters. The number of hydrogen-bond donors (Lipinski definition) is 1. The molecule has 22 heavy (non-hydrogen) atoms. The molecule has 0 saturated carbocycles. The smallest absolute Gasteiger partial charge is 0.203 e. The van der Waals surface area contributed by atoms with E-state index in [-0.39, 0.29) is 0 Å². The van der Waals surface area contributed by atoms with Crippen molar-refractivity contribution in [3.05, 3.63) is 90.3 Å². The molecule has 4 aromatic rings. The fourth-order valence-electron chi connectivity index (χ4n) is 2.73. The van der Waals surface area contributed by atoms with Crippen LogP contribution in [-0.4, -0.2) is 10.3 Å². The van der Waals surface area contributed by atoms with Crippen molar-refractivity contribution in [3.8, 4) is 5.88 Å². The van der Waals surface area contributed by atoms with Crippen LogP contribution < -0.4 is 0 Å². The largest absolute Gasteiger partial charge is 0.448 e. The average Bonchev–Trinajstić information content (AvgIpc) is 3.22. The predicted octanol–water partition coefficient (Wildman–Crippen LogP) is 4.64. The number of rotatable bonds is 3. The normalized spacial score (nSPS) is 10.9. The number of fused-ring (bicyclic) bond motifs is 1. The number of para-hydroxylation sites is 1. The highest BCUT2D eigenvalue weighted by atomic mass is 16.3. The Morgan fingerprint density at radius 1 is 0.864 bits per heavy atom. The lowest BCUT2D eigenvalue weighted by Crippen LogP contribution is -2.00. The van der Waals surface area contributed by atoms with E-state index in [1.165, 1.54) is 0 Å². The molecule has 0 bridgehead atoms. The van der Waals surface area contributed by atoms with Crippen molar-refractivity contribution in [1.29, 1.82) is 5.41 Å². The van der Waals surface area contributed by atoms with Crippen LogP contribution in [0.5, 0.6) is 0 Å². The maximum absolute atomic E-state index is 8.55. The summed E-state index contributed by atoms with van der Waals surface area (Å²) in [5.74, 6) is 0.753. The van der Waals surface area contributed by atoms with Crippen LogP contribution >= 0.6 is 0 Å². The molecular formula is C19H14N2O. The summed E-state index contributed by atoms with van der Waals surface area (Å²) in [5, 5.41) is 9.60. The van der Waals surface area contributed by atoms with Gasteiger partial charge in [0.05, 0.1) is 17.5 Å². The Balaban J connectivity index is 1.94. The number of hydrogen-bond acceptors (Lipinski definition) is 2. The third-order valence-corrected chi connectivity index (χ3v) is 3.79. The van der Waals surface area contributed by atoms with Crippen LogP contribution in [0.25, 0.3) is 16.8 Å². The fourth-order valence-corrected chi connectivity index (χ4v) is 2.73. The summed E-state index contributed by atoms with van der Waals surface area (Å²) in [7, 11) is 0. The number of nitrogens with zero attached hydrogens (tertiary/aromatic N) is 1. The quantitative estimate of drug-likeness (QED) is 0.548. The van der Waals surface area contributed by atoms with Gasteiger partial charge in [0.2, 0.25) is 5.88 Å². The van der Waals surface area contributed by atoms with Gasteiger partial charge in [-0.05, 0) is 12.1 Å². The molecule has 0 aliphatic heterocycles. The van der Waals surface area contributed by atoms with Crippen molar-refractivity contribution < 1.29 is 4.42 Å². The number of aromatic nitrogens is 1. The molecule has 2 aromatic carbocycles. The summed E-state index contributed by atoms with van der Waals surface area (Å²) in [4.78, 5) is 0. The minimum Gasteiger partial charge on any atom is -0.448 e. The second kappa shape index (κ2) is 5.04. The van der Waals surface area contributed by atoms with Crippen molar-refractivity contribution in [2.45, 2.75) is 0 Å². The molecule has 0 aliphatic carbocycles. The van der Waals surface area contributed by atoms with E-state index in [0.717, 1.165) is 27.9 Å². The molecular weight excluding hydrogens is 272 g/mol. The molecule has 0 amide bonds. The van der Waals surface area contributed by atoms with Crippen molar-refractivity contribution in [2.24, 2.45) is 0 Å². The summed E-state index contributed by atoms with van der Waals surface area (Å²) in [6, 6.07) is 21.7. The van der Waals surface area contributed by atoms with Crippen LogP contribution in [-0.2, 0) is 0 Å². The number of benzene rings is 2. The molecule has 0 spiro atoms. The highest BCUT2D eigenvalue weighted by molar-refractivity contribution is 6.18. The van der Waals surface area contributed by atoms with Gasteiger partial charge in [-0.25, -0.2) is 0 Å². The molecule has 0 aliphatic rings. The number of furan rings is 1. The second-order valence-electron chi connectivity index (χ2n) is 5.12. The topological polar surface area (TPSA) is 41.9 Å². The average molecular weight is 286 g/mol. The van der Waals surface area contributed by atoms with E-state index in [1.807, 2.05) is 77.5 Å². The van der Waals surface area contributed by atoms with Gasteiger partial charge in [-0.15, -0.1) is 0 Å². The molecule has 2 heterocycles. The molecule has 0 saturated heterocycles. The van der Waals surface area contributed by atoms with Gasteiger partial charge in [-0.2, -0.15) is 0 Å². The molecule has 0 radical (unpaired) electrons. The first-order valence-electron chi connectivity index (χ1n) is 7.13. The van der Waals surface area contributed by atoms with Gasteiger partial charge in [0.25, 0.3) is 0 Å². The molecule has 0 atom stereocenters. The van der Waals surface area contributed by atoms with Gasteiger partial charge in [0, 0.05) is 28.8 Å². The summed E-state index contributed by atoms with van der Waals surface area (Å²) < 4.78 is 7.51. The van der Waals surface area contributed by atoms with Gasteiger partial charge in [-0.3, -0.25) is 9.98 Å². The van der Waals surface area contributed by atoms with Crippen LogP contribution in [0.15, 0.2) is 83.6 Å². The van der Waals surface area contributed by atoms with Crippen molar-refractivity contribution in [2.75, 3.05) is 0 Å². The monoisotopic (exact) mass is 286 g/mol. The second-order valence-corrected chi connectivity index (χ2v) is 5.12. The highest BCUT2D eigenvalue weighted by Crippen LogP contribution is 2.26. The highest BCUT2D eigenvalue weighted by Gasteiger charge is 2.15. The predicted molar refractivity (Wildman–Crippen MR) is 87.9 cm³/mol. The molecule has 4 rings (SSSR count).